The second-order valence-electron chi connectivity index (χ2n) is 7.92. The molecule has 0 spiro atoms. The van der Waals surface area contributed by atoms with Crippen molar-refractivity contribution in [3.05, 3.63) is 83.5 Å². The van der Waals surface area contributed by atoms with Crippen molar-refractivity contribution in [2.45, 2.75) is 32.4 Å². The van der Waals surface area contributed by atoms with Gasteiger partial charge < -0.3 is 20.1 Å². The zero-order valence-corrected chi connectivity index (χ0v) is 18.0. The number of nitrogens with one attached hydrogen (secondary N) is 2. The number of piperidine rings is 1. The van der Waals surface area contributed by atoms with E-state index >= 15 is 0 Å². The molecule has 4 rings (SSSR count). The second-order valence-corrected chi connectivity index (χ2v) is 7.92. The van der Waals surface area contributed by atoms with E-state index in [9.17, 15) is 9.59 Å². The summed E-state index contributed by atoms with van der Waals surface area (Å²) in [5.74, 6) is 0.743. The number of hydrogen-bond donors (Lipinski definition) is 2. The molecule has 3 amide bonds. The number of likely N-dealkylation sites (tertiary alicyclic amines) is 1. The first-order chi connectivity index (χ1) is 15.6. The van der Waals surface area contributed by atoms with E-state index in [1.807, 2.05) is 60.7 Å². The number of carbonyl (C=O) groups excluding carboxylic acids is 2. The SMILES string of the molecule is Cc1noc(CNC(=O)C2CCN(C(=O)NC(c3ccccc3)c3ccccc3)CC2)n1. The highest BCUT2D eigenvalue weighted by atomic mass is 16.5. The number of urea groups is 1. The van der Waals surface area contributed by atoms with Crippen molar-refractivity contribution in [3.63, 3.8) is 0 Å². The van der Waals surface area contributed by atoms with Crippen LogP contribution < -0.4 is 10.6 Å². The Kier molecular flexibility index (Phi) is 6.79. The van der Waals surface area contributed by atoms with Crippen molar-refractivity contribution >= 4 is 11.9 Å². The van der Waals surface area contributed by atoms with E-state index in [1.165, 1.54) is 0 Å². The number of aryl methyl sites for hydroxylation is 1. The number of rotatable bonds is 6. The smallest absolute Gasteiger partial charge is 0.318 e. The molecule has 1 aliphatic heterocycles. The Bertz CT molecular complexity index is 991. The van der Waals surface area contributed by atoms with Crippen LogP contribution in [0.4, 0.5) is 4.79 Å². The fourth-order valence-electron chi connectivity index (χ4n) is 3.93. The van der Waals surface area contributed by atoms with E-state index in [2.05, 4.69) is 20.8 Å². The number of carbonyl (C=O) groups is 2. The third-order valence-corrected chi connectivity index (χ3v) is 5.67. The Labute approximate surface area is 187 Å². The lowest BCUT2D eigenvalue weighted by molar-refractivity contribution is -0.126. The molecule has 2 N–H and O–H groups in total. The molecule has 0 radical (unpaired) electrons. The van der Waals surface area contributed by atoms with Crippen LogP contribution >= 0.6 is 0 Å². The first-order valence-corrected chi connectivity index (χ1v) is 10.8. The first kappa shape index (κ1) is 21.5. The fourth-order valence-corrected chi connectivity index (χ4v) is 3.93. The quantitative estimate of drug-likeness (QED) is 0.622. The molecule has 0 atom stereocenters. The van der Waals surface area contributed by atoms with Crippen LogP contribution in [0.5, 0.6) is 0 Å². The molecule has 8 nitrogen and oxygen atoms in total. The maximum atomic E-state index is 13.0. The topological polar surface area (TPSA) is 100 Å². The predicted octanol–water partition coefficient (Wildman–Crippen LogP) is 3.21. The van der Waals surface area contributed by atoms with Gasteiger partial charge in [0.1, 0.15) is 0 Å². The van der Waals surface area contributed by atoms with Crippen LogP contribution in [0.15, 0.2) is 65.2 Å². The van der Waals surface area contributed by atoms with Crippen LogP contribution in [-0.4, -0.2) is 40.1 Å². The molecule has 1 fully saturated rings. The van der Waals surface area contributed by atoms with Crippen LogP contribution in [0.3, 0.4) is 0 Å². The van der Waals surface area contributed by atoms with E-state index in [0.717, 1.165) is 11.1 Å². The third-order valence-electron chi connectivity index (χ3n) is 5.67. The lowest BCUT2D eigenvalue weighted by Gasteiger charge is -2.33. The monoisotopic (exact) mass is 433 g/mol. The minimum Gasteiger partial charge on any atom is -0.347 e. The Hall–Kier alpha value is -3.68. The van der Waals surface area contributed by atoms with E-state index in [4.69, 9.17) is 4.52 Å². The molecule has 0 saturated carbocycles. The van der Waals surface area contributed by atoms with Crippen molar-refractivity contribution in [3.8, 4) is 0 Å². The molecule has 166 valence electrons. The molecule has 8 heteroatoms. The van der Waals surface area contributed by atoms with Gasteiger partial charge in [0.05, 0.1) is 12.6 Å². The molecule has 2 aromatic carbocycles. The van der Waals surface area contributed by atoms with E-state index < -0.39 is 0 Å². The van der Waals surface area contributed by atoms with E-state index in [-0.39, 0.29) is 30.4 Å². The van der Waals surface area contributed by atoms with Gasteiger partial charge in [0.15, 0.2) is 5.82 Å². The van der Waals surface area contributed by atoms with Crippen molar-refractivity contribution in [2.75, 3.05) is 13.1 Å². The first-order valence-electron chi connectivity index (χ1n) is 10.8. The van der Waals surface area contributed by atoms with Crippen molar-refractivity contribution in [2.24, 2.45) is 5.92 Å². The molecule has 1 saturated heterocycles. The highest BCUT2D eigenvalue weighted by Crippen LogP contribution is 2.23. The van der Waals surface area contributed by atoms with Crippen LogP contribution in [0, 0.1) is 12.8 Å². The van der Waals surface area contributed by atoms with Crippen LogP contribution in [0.2, 0.25) is 0 Å². The summed E-state index contributed by atoms with van der Waals surface area (Å²) >= 11 is 0. The standard InChI is InChI=1S/C24H27N5O3/c1-17-26-21(32-28-17)16-25-23(30)20-12-14-29(15-13-20)24(31)27-22(18-8-4-2-5-9-18)19-10-6-3-7-11-19/h2-11,20,22H,12-16H2,1H3,(H,25,30)(H,27,31). The lowest BCUT2D eigenvalue weighted by atomic mass is 9.96. The minimum absolute atomic E-state index is 0.0487. The van der Waals surface area contributed by atoms with Crippen LogP contribution in [0.25, 0.3) is 0 Å². The average molecular weight is 434 g/mol. The van der Waals surface area contributed by atoms with Crippen molar-refractivity contribution in [1.29, 1.82) is 0 Å². The van der Waals surface area contributed by atoms with Crippen LogP contribution in [-0.2, 0) is 11.3 Å². The molecule has 0 bridgehead atoms. The second kappa shape index (κ2) is 10.1. The Balaban J connectivity index is 1.32. The number of aromatic nitrogens is 2. The predicted molar refractivity (Wildman–Crippen MR) is 118 cm³/mol. The highest BCUT2D eigenvalue weighted by molar-refractivity contribution is 5.79. The number of nitrogens with zero attached hydrogens (tertiary/aromatic N) is 3. The molecular weight excluding hydrogens is 406 g/mol. The molecule has 3 aromatic rings. The summed E-state index contributed by atoms with van der Waals surface area (Å²) in [6.07, 6.45) is 1.23. The van der Waals surface area contributed by atoms with Gasteiger partial charge >= 0.3 is 6.03 Å². The van der Waals surface area contributed by atoms with Crippen LogP contribution in [0.1, 0.15) is 41.7 Å². The maximum Gasteiger partial charge on any atom is 0.318 e. The summed E-state index contributed by atoms with van der Waals surface area (Å²) in [7, 11) is 0. The normalized spacial score (nSPS) is 14.4. The fraction of sp³-hybridized carbons (Fsp3) is 0.333. The summed E-state index contributed by atoms with van der Waals surface area (Å²) in [5, 5.41) is 9.73. The van der Waals surface area contributed by atoms with Gasteiger partial charge in [0.2, 0.25) is 11.8 Å². The van der Waals surface area contributed by atoms with Gasteiger partial charge in [-0.05, 0) is 30.9 Å². The molecular formula is C24H27N5O3. The van der Waals surface area contributed by atoms with E-state index in [0.29, 0.717) is 37.6 Å². The van der Waals surface area contributed by atoms with Crippen molar-refractivity contribution in [1.82, 2.24) is 25.7 Å². The lowest BCUT2D eigenvalue weighted by Crippen LogP contribution is -2.47. The Morgan fingerprint density at radius 1 is 1.03 bits per heavy atom. The maximum absolute atomic E-state index is 13.0. The van der Waals surface area contributed by atoms with Gasteiger partial charge in [0, 0.05) is 19.0 Å². The molecule has 0 aliphatic carbocycles. The summed E-state index contributed by atoms with van der Waals surface area (Å²) < 4.78 is 5.02. The Morgan fingerprint density at radius 2 is 1.62 bits per heavy atom. The summed E-state index contributed by atoms with van der Waals surface area (Å²) in [6, 6.07) is 19.5. The molecule has 32 heavy (non-hydrogen) atoms. The highest BCUT2D eigenvalue weighted by Gasteiger charge is 2.29. The van der Waals surface area contributed by atoms with Crippen molar-refractivity contribution < 1.29 is 14.1 Å². The van der Waals surface area contributed by atoms with Gasteiger partial charge in [0.25, 0.3) is 0 Å². The van der Waals surface area contributed by atoms with Gasteiger partial charge in [-0.2, -0.15) is 4.98 Å². The van der Waals surface area contributed by atoms with Gasteiger partial charge in [-0.25, -0.2) is 4.79 Å². The van der Waals surface area contributed by atoms with Gasteiger partial charge in [-0.1, -0.05) is 65.8 Å². The number of benzene rings is 2. The molecule has 0 unspecified atom stereocenters. The van der Waals surface area contributed by atoms with E-state index in [1.54, 1.807) is 11.8 Å². The Morgan fingerprint density at radius 3 is 2.16 bits per heavy atom. The third kappa shape index (κ3) is 5.32. The zero-order chi connectivity index (χ0) is 22.3. The number of amides is 3. The van der Waals surface area contributed by atoms with Gasteiger partial charge in [-0.3, -0.25) is 4.79 Å². The molecule has 2 heterocycles. The minimum atomic E-state index is -0.233. The summed E-state index contributed by atoms with van der Waals surface area (Å²) in [5.41, 5.74) is 2.05. The largest absolute Gasteiger partial charge is 0.347 e. The summed E-state index contributed by atoms with van der Waals surface area (Å²) in [4.78, 5) is 31.4. The molecule has 1 aromatic heterocycles. The average Bonchev–Trinajstić information content (AvgIpc) is 3.27. The summed E-state index contributed by atoms with van der Waals surface area (Å²) in [6.45, 7) is 3.01. The number of hydrogen-bond acceptors (Lipinski definition) is 5. The zero-order valence-electron chi connectivity index (χ0n) is 18.0. The molecule has 1 aliphatic rings. The van der Waals surface area contributed by atoms with Gasteiger partial charge in [-0.15, -0.1) is 0 Å².